The molecule has 7 heteroatoms. The Balaban J connectivity index is 1.27. The standard InChI is InChI=1S/C25H31ClN2O4/c1-30-22-14-19(21(26)15-23(22)31-2)17-28-12-10-25(11-13-28)9-8-20(32-25)16-27-24(29)18-6-4-3-5-7-18/h3-7,14-15,20H,8-13,16-17H2,1-2H3,(H,27,29). The molecule has 0 radical (unpaired) electrons. The van der Waals surface area contributed by atoms with Crippen molar-refractivity contribution in [1.29, 1.82) is 0 Å². The smallest absolute Gasteiger partial charge is 0.251 e. The van der Waals surface area contributed by atoms with E-state index in [4.69, 9.17) is 25.8 Å². The third-order valence-electron chi connectivity index (χ3n) is 6.58. The van der Waals surface area contributed by atoms with Crippen molar-refractivity contribution in [2.24, 2.45) is 0 Å². The number of amides is 1. The van der Waals surface area contributed by atoms with E-state index in [1.165, 1.54) is 0 Å². The van der Waals surface area contributed by atoms with Crippen LogP contribution >= 0.6 is 11.6 Å². The minimum atomic E-state index is -0.0694. The van der Waals surface area contributed by atoms with Gasteiger partial charge in [0, 0.05) is 42.8 Å². The number of likely N-dealkylation sites (tertiary alicyclic amines) is 1. The second-order valence-electron chi connectivity index (χ2n) is 8.61. The average Bonchev–Trinajstić information content (AvgIpc) is 3.23. The van der Waals surface area contributed by atoms with Crippen molar-refractivity contribution in [2.75, 3.05) is 33.9 Å². The van der Waals surface area contributed by atoms with E-state index >= 15 is 0 Å². The fourth-order valence-electron chi connectivity index (χ4n) is 4.68. The van der Waals surface area contributed by atoms with E-state index < -0.39 is 0 Å². The predicted octanol–water partition coefficient (Wildman–Crippen LogP) is 4.30. The first-order valence-electron chi connectivity index (χ1n) is 11.2. The quantitative estimate of drug-likeness (QED) is 0.670. The second kappa shape index (κ2) is 10.1. The minimum Gasteiger partial charge on any atom is -0.493 e. The van der Waals surface area contributed by atoms with Crippen molar-refractivity contribution < 1.29 is 19.0 Å². The molecule has 4 rings (SSSR count). The van der Waals surface area contributed by atoms with Gasteiger partial charge in [-0.15, -0.1) is 0 Å². The molecule has 1 atom stereocenters. The zero-order valence-corrected chi connectivity index (χ0v) is 19.5. The van der Waals surface area contributed by atoms with Crippen LogP contribution in [-0.4, -0.2) is 56.4 Å². The molecule has 6 nitrogen and oxygen atoms in total. The fourth-order valence-corrected chi connectivity index (χ4v) is 4.90. The van der Waals surface area contributed by atoms with Crippen LogP contribution in [0.4, 0.5) is 0 Å². The molecular weight excluding hydrogens is 428 g/mol. The van der Waals surface area contributed by atoms with E-state index in [-0.39, 0.29) is 17.6 Å². The second-order valence-corrected chi connectivity index (χ2v) is 9.02. The highest BCUT2D eigenvalue weighted by Gasteiger charge is 2.42. The third kappa shape index (κ3) is 5.20. The highest BCUT2D eigenvalue weighted by Crippen LogP contribution is 2.40. The Bertz CT molecular complexity index is 929. The van der Waals surface area contributed by atoms with Gasteiger partial charge in [-0.1, -0.05) is 29.8 Å². The average molecular weight is 459 g/mol. The van der Waals surface area contributed by atoms with E-state index in [9.17, 15) is 4.79 Å². The molecule has 1 N–H and O–H groups in total. The summed E-state index contributed by atoms with van der Waals surface area (Å²) in [5.41, 5.74) is 1.65. The van der Waals surface area contributed by atoms with Gasteiger partial charge < -0.3 is 19.5 Å². The maximum atomic E-state index is 12.3. The van der Waals surface area contributed by atoms with Gasteiger partial charge in [0.15, 0.2) is 11.5 Å². The van der Waals surface area contributed by atoms with Crippen LogP contribution in [0.2, 0.25) is 5.02 Å². The molecule has 2 aliphatic heterocycles. The van der Waals surface area contributed by atoms with Crippen molar-refractivity contribution in [2.45, 2.75) is 43.9 Å². The Hall–Kier alpha value is -2.28. The molecule has 2 aliphatic rings. The third-order valence-corrected chi connectivity index (χ3v) is 6.93. The van der Waals surface area contributed by atoms with E-state index in [1.54, 1.807) is 14.2 Å². The number of benzene rings is 2. The molecule has 32 heavy (non-hydrogen) atoms. The number of ether oxygens (including phenoxy) is 3. The topological polar surface area (TPSA) is 60.0 Å². The highest BCUT2D eigenvalue weighted by atomic mass is 35.5. The lowest BCUT2D eigenvalue weighted by atomic mass is 9.88. The van der Waals surface area contributed by atoms with Crippen LogP contribution in [0.3, 0.4) is 0 Å². The van der Waals surface area contributed by atoms with Crippen LogP contribution in [0.25, 0.3) is 0 Å². The number of piperidine rings is 1. The van der Waals surface area contributed by atoms with Crippen LogP contribution in [-0.2, 0) is 11.3 Å². The molecule has 2 heterocycles. The molecule has 2 fully saturated rings. The summed E-state index contributed by atoms with van der Waals surface area (Å²) in [5, 5.41) is 3.71. The Morgan fingerprint density at radius 3 is 2.50 bits per heavy atom. The van der Waals surface area contributed by atoms with Gasteiger partial charge in [-0.2, -0.15) is 0 Å². The first-order valence-corrected chi connectivity index (χ1v) is 11.5. The molecule has 1 amide bonds. The summed E-state index contributed by atoms with van der Waals surface area (Å²) in [7, 11) is 3.25. The summed E-state index contributed by atoms with van der Waals surface area (Å²) in [5.74, 6) is 1.29. The van der Waals surface area contributed by atoms with Gasteiger partial charge in [-0.25, -0.2) is 0 Å². The Labute approximate surface area is 194 Å². The number of methoxy groups -OCH3 is 2. The number of hydrogen-bond donors (Lipinski definition) is 1. The van der Waals surface area contributed by atoms with Crippen molar-refractivity contribution in [3.63, 3.8) is 0 Å². The molecule has 2 aromatic carbocycles. The Morgan fingerprint density at radius 2 is 1.81 bits per heavy atom. The lowest BCUT2D eigenvalue weighted by Gasteiger charge is -2.39. The van der Waals surface area contributed by atoms with Gasteiger partial charge in [0.25, 0.3) is 5.91 Å². The minimum absolute atomic E-state index is 0.0447. The zero-order valence-electron chi connectivity index (χ0n) is 18.7. The molecule has 0 bridgehead atoms. The molecule has 1 spiro atoms. The molecule has 0 aliphatic carbocycles. The number of carbonyl (C=O) groups excluding carboxylic acids is 1. The molecule has 172 valence electrons. The van der Waals surface area contributed by atoms with E-state index in [1.807, 2.05) is 42.5 Å². The monoisotopic (exact) mass is 458 g/mol. The van der Waals surface area contributed by atoms with Crippen molar-refractivity contribution in [3.05, 3.63) is 58.6 Å². The normalized spacial score (nSPS) is 20.3. The molecule has 0 saturated carbocycles. The molecule has 1 unspecified atom stereocenters. The van der Waals surface area contributed by atoms with E-state index in [0.717, 1.165) is 50.9 Å². The molecule has 2 saturated heterocycles. The summed E-state index contributed by atoms with van der Waals surface area (Å²) in [4.78, 5) is 14.7. The van der Waals surface area contributed by atoms with Crippen LogP contribution in [0.5, 0.6) is 11.5 Å². The molecule has 2 aromatic rings. The lowest BCUT2D eigenvalue weighted by Crippen LogP contribution is -2.44. The predicted molar refractivity (Wildman–Crippen MR) is 125 cm³/mol. The number of hydrogen-bond acceptors (Lipinski definition) is 5. The van der Waals surface area contributed by atoms with Crippen LogP contribution in [0.1, 0.15) is 41.6 Å². The maximum absolute atomic E-state index is 12.3. The van der Waals surface area contributed by atoms with Gasteiger partial charge in [0.1, 0.15) is 0 Å². The summed E-state index contributed by atoms with van der Waals surface area (Å²) in [6.45, 7) is 3.23. The van der Waals surface area contributed by atoms with Gasteiger partial charge >= 0.3 is 0 Å². The largest absolute Gasteiger partial charge is 0.493 e. The van der Waals surface area contributed by atoms with Gasteiger partial charge in [-0.05, 0) is 49.4 Å². The number of nitrogens with zero attached hydrogens (tertiary/aromatic N) is 1. The molecular formula is C25H31ClN2O4. The van der Waals surface area contributed by atoms with E-state index in [2.05, 4.69) is 10.2 Å². The SMILES string of the molecule is COc1cc(Cl)c(CN2CCC3(CCC(CNC(=O)c4ccccc4)O3)CC2)cc1OC. The lowest BCUT2D eigenvalue weighted by molar-refractivity contribution is -0.0764. The van der Waals surface area contributed by atoms with Gasteiger partial charge in [0.05, 0.1) is 25.9 Å². The maximum Gasteiger partial charge on any atom is 0.251 e. The number of carbonyl (C=O) groups is 1. The first kappa shape index (κ1) is 22.9. The highest BCUT2D eigenvalue weighted by molar-refractivity contribution is 6.31. The van der Waals surface area contributed by atoms with Crippen molar-refractivity contribution >= 4 is 17.5 Å². The summed E-state index contributed by atoms with van der Waals surface area (Å²) in [6, 6.07) is 13.1. The van der Waals surface area contributed by atoms with Crippen molar-refractivity contribution in [3.8, 4) is 11.5 Å². The van der Waals surface area contributed by atoms with Crippen LogP contribution in [0.15, 0.2) is 42.5 Å². The van der Waals surface area contributed by atoms with Gasteiger partial charge in [-0.3, -0.25) is 9.69 Å². The van der Waals surface area contributed by atoms with Crippen LogP contribution in [0, 0.1) is 0 Å². The number of rotatable bonds is 7. The summed E-state index contributed by atoms with van der Waals surface area (Å²) >= 11 is 6.48. The number of nitrogens with one attached hydrogen (secondary N) is 1. The Kier molecular flexibility index (Phi) is 7.23. The number of halogens is 1. The zero-order chi connectivity index (χ0) is 22.6. The molecule has 0 aromatic heterocycles. The summed E-state index contributed by atoms with van der Waals surface area (Å²) in [6.07, 6.45) is 4.08. The van der Waals surface area contributed by atoms with E-state index in [0.29, 0.717) is 28.6 Å². The van der Waals surface area contributed by atoms with Crippen LogP contribution < -0.4 is 14.8 Å². The van der Waals surface area contributed by atoms with Crippen molar-refractivity contribution in [1.82, 2.24) is 10.2 Å². The first-order chi connectivity index (χ1) is 15.5. The van der Waals surface area contributed by atoms with Gasteiger partial charge in [0.2, 0.25) is 0 Å². The Morgan fingerprint density at radius 1 is 1.12 bits per heavy atom. The fraction of sp³-hybridized carbons (Fsp3) is 0.480. The summed E-state index contributed by atoms with van der Waals surface area (Å²) < 4.78 is 17.2.